The Labute approximate surface area is 120 Å². The third kappa shape index (κ3) is 2.67. The molecule has 0 aromatic heterocycles. The van der Waals surface area contributed by atoms with Gasteiger partial charge in [-0.3, -0.25) is 4.79 Å². The van der Waals surface area contributed by atoms with Crippen molar-refractivity contribution in [1.82, 2.24) is 0 Å². The predicted molar refractivity (Wildman–Crippen MR) is 82.8 cm³/mol. The molecule has 0 spiro atoms. The van der Waals surface area contributed by atoms with Gasteiger partial charge in [0.2, 0.25) is 0 Å². The molecule has 1 aliphatic carbocycles. The molecule has 0 saturated heterocycles. The molecule has 0 aliphatic heterocycles. The van der Waals surface area contributed by atoms with Crippen molar-refractivity contribution < 1.29 is 4.79 Å². The second-order valence-electron chi connectivity index (χ2n) is 5.61. The van der Waals surface area contributed by atoms with E-state index in [9.17, 15) is 4.79 Å². The predicted octanol–water partition coefficient (Wildman–Crippen LogP) is 5.12. The van der Waals surface area contributed by atoms with Crippen LogP contribution < -0.4 is 0 Å². The van der Waals surface area contributed by atoms with E-state index in [-0.39, 0.29) is 5.92 Å². The van der Waals surface area contributed by atoms with Gasteiger partial charge in [-0.1, -0.05) is 73.9 Å². The molecule has 0 atom stereocenters. The third-order valence-electron chi connectivity index (χ3n) is 4.25. The number of ketones is 1. The van der Waals surface area contributed by atoms with Crippen molar-refractivity contribution in [3.63, 3.8) is 0 Å². The van der Waals surface area contributed by atoms with Gasteiger partial charge in [-0.2, -0.15) is 0 Å². The Morgan fingerprint density at radius 1 is 0.800 bits per heavy atom. The summed E-state index contributed by atoms with van der Waals surface area (Å²) in [5.41, 5.74) is 3.10. The van der Waals surface area contributed by atoms with E-state index in [0.29, 0.717) is 5.78 Å². The van der Waals surface area contributed by atoms with Gasteiger partial charge in [-0.05, 0) is 24.0 Å². The molecule has 2 aromatic carbocycles. The molecule has 20 heavy (non-hydrogen) atoms. The lowest BCUT2D eigenvalue weighted by molar-refractivity contribution is 0.0890. The summed E-state index contributed by atoms with van der Waals surface area (Å²) < 4.78 is 0. The van der Waals surface area contributed by atoms with Gasteiger partial charge in [0.05, 0.1) is 0 Å². The minimum absolute atomic E-state index is 0.230. The topological polar surface area (TPSA) is 17.1 Å². The minimum atomic E-state index is 0.230. The van der Waals surface area contributed by atoms with Crippen molar-refractivity contribution in [3.8, 4) is 11.1 Å². The highest BCUT2D eigenvalue weighted by atomic mass is 16.1. The number of carbonyl (C=O) groups excluding carboxylic acids is 1. The summed E-state index contributed by atoms with van der Waals surface area (Å²) in [5.74, 6) is 0.567. The first-order chi connectivity index (χ1) is 9.86. The lowest BCUT2D eigenvalue weighted by Gasteiger charge is -2.21. The highest BCUT2D eigenvalue weighted by Crippen LogP contribution is 2.31. The molecule has 0 radical (unpaired) electrons. The van der Waals surface area contributed by atoms with E-state index in [1.165, 1.54) is 19.3 Å². The van der Waals surface area contributed by atoms with Crippen LogP contribution in [-0.4, -0.2) is 5.78 Å². The smallest absolute Gasteiger partial charge is 0.166 e. The Morgan fingerprint density at radius 3 is 2.20 bits per heavy atom. The molecule has 1 fully saturated rings. The van der Waals surface area contributed by atoms with Crippen LogP contribution >= 0.6 is 0 Å². The van der Waals surface area contributed by atoms with Crippen LogP contribution in [0.15, 0.2) is 54.6 Å². The van der Waals surface area contributed by atoms with Crippen LogP contribution in [0.2, 0.25) is 0 Å². The van der Waals surface area contributed by atoms with Gasteiger partial charge in [-0.25, -0.2) is 0 Å². The molecule has 0 N–H and O–H groups in total. The van der Waals surface area contributed by atoms with Gasteiger partial charge in [0, 0.05) is 11.5 Å². The molecule has 3 rings (SSSR count). The molecule has 0 amide bonds. The zero-order valence-electron chi connectivity index (χ0n) is 11.7. The molecular weight excluding hydrogens is 244 g/mol. The molecule has 1 saturated carbocycles. The number of hydrogen-bond donors (Lipinski definition) is 0. The van der Waals surface area contributed by atoms with Gasteiger partial charge in [0.25, 0.3) is 0 Å². The molecule has 2 aromatic rings. The van der Waals surface area contributed by atoms with Crippen LogP contribution in [-0.2, 0) is 0 Å². The van der Waals surface area contributed by atoms with E-state index in [1.54, 1.807) is 0 Å². The van der Waals surface area contributed by atoms with Crippen molar-refractivity contribution >= 4 is 5.78 Å². The summed E-state index contributed by atoms with van der Waals surface area (Å²) in [5, 5.41) is 0. The number of hydrogen-bond acceptors (Lipinski definition) is 1. The number of benzene rings is 2. The fraction of sp³-hybridized carbons (Fsp3) is 0.316. The molecular formula is C19H20O. The lowest BCUT2D eigenvalue weighted by atomic mass is 9.82. The van der Waals surface area contributed by atoms with E-state index >= 15 is 0 Å². The first-order valence-electron chi connectivity index (χ1n) is 7.55. The first kappa shape index (κ1) is 13.1. The SMILES string of the molecule is O=C(c1ccccc1-c1ccccc1)C1CCCCC1. The highest BCUT2D eigenvalue weighted by Gasteiger charge is 2.24. The van der Waals surface area contributed by atoms with Crippen molar-refractivity contribution in [2.45, 2.75) is 32.1 Å². The van der Waals surface area contributed by atoms with Gasteiger partial charge in [-0.15, -0.1) is 0 Å². The van der Waals surface area contributed by atoms with Crippen LogP contribution in [0.4, 0.5) is 0 Å². The van der Waals surface area contributed by atoms with Crippen LogP contribution in [0, 0.1) is 5.92 Å². The monoisotopic (exact) mass is 264 g/mol. The molecule has 1 aliphatic rings. The molecule has 102 valence electrons. The Bertz CT molecular complexity index is 580. The van der Waals surface area contributed by atoms with E-state index in [1.807, 2.05) is 36.4 Å². The average molecular weight is 264 g/mol. The summed E-state index contributed by atoms with van der Waals surface area (Å²) in [6, 6.07) is 18.2. The number of rotatable bonds is 3. The first-order valence-corrected chi connectivity index (χ1v) is 7.55. The average Bonchev–Trinajstić information content (AvgIpc) is 2.56. The number of carbonyl (C=O) groups is 1. The lowest BCUT2D eigenvalue weighted by Crippen LogP contribution is -2.18. The van der Waals surface area contributed by atoms with Crippen LogP contribution in [0.3, 0.4) is 0 Å². The van der Waals surface area contributed by atoms with Crippen LogP contribution in [0.25, 0.3) is 11.1 Å². The Balaban J connectivity index is 1.95. The normalized spacial score (nSPS) is 16.0. The standard InChI is InChI=1S/C19H20O/c20-19(16-11-5-2-6-12-16)18-14-8-7-13-17(18)15-9-3-1-4-10-15/h1,3-4,7-10,13-14,16H,2,5-6,11-12H2. The second-order valence-corrected chi connectivity index (χ2v) is 5.61. The van der Waals surface area contributed by atoms with E-state index in [2.05, 4.69) is 18.2 Å². The zero-order valence-corrected chi connectivity index (χ0v) is 11.7. The summed E-state index contributed by atoms with van der Waals surface area (Å²) >= 11 is 0. The minimum Gasteiger partial charge on any atom is -0.294 e. The molecule has 0 bridgehead atoms. The van der Waals surface area contributed by atoms with Gasteiger partial charge in [0.1, 0.15) is 0 Å². The fourth-order valence-corrected chi connectivity index (χ4v) is 3.15. The summed E-state index contributed by atoms with van der Waals surface area (Å²) in [6.45, 7) is 0. The largest absolute Gasteiger partial charge is 0.294 e. The maximum absolute atomic E-state index is 12.8. The molecule has 0 heterocycles. The molecule has 1 heteroatoms. The van der Waals surface area contributed by atoms with Crippen LogP contribution in [0.5, 0.6) is 0 Å². The maximum Gasteiger partial charge on any atom is 0.166 e. The summed E-state index contributed by atoms with van der Waals surface area (Å²) in [4.78, 5) is 12.8. The Morgan fingerprint density at radius 2 is 1.45 bits per heavy atom. The van der Waals surface area contributed by atoms with Gasteiger partial charge >= 0.3 is 0 Å². The van der Waals surface area contributed by atoms with E-state index < -0.39 is 0 Å². The van der Waals surface area contributed by atoms with Crippen molar-refractivity contribution in [3.05, 3.63) is 60.2 Å². The Kier molecular flexibility index (Phi) is 3.96. The molecule has 1 nitrogen and oxygen atoms in total. The number of Topliss-reactive ketones (excluding diaryl/α,β-unsaturated/α-hetero) is 1. The van der Waals surface area contributed by atoms with E-state index in [0.717, 1.165) is 29.5 Å². The fourth-order valence-electron chi connectivity index (χ4n) is 3.15. The highest BCUT2D eigenvalue weighted by molar-refractivity contribution is 6.03. The quantitative estimate of drug-likeness (QED) is 0.703. The molecule has 0 unspecified atom stereocenters. The van der Waals surface area contributed by atoms with E-state index in [4.69, 9.17) is 0 Å². The Hall–Kier alpha value is -1.89. The third-order valence-corrected chi connectivity index (χ3v) is 4.25. The van der Waals surface area contributed by atoms with Crippen molar-refractivity contribution in [1.29, 1.82) is 0 Å². The second kappa shape index (κ2) is 6.04. The van der Waals surface area contributed by atoms with Gasteiger partial charge < -0.3 is 0 Å². The van der Waals surface area contributed by atoms with Gasteiger partial charge in [0.15, 0.2) is 5.78 Å². The van der Waals surface area contributed by atoms with Crippen molar-refractivity contribution in [2.24, 2.45) is 5.92 Å². The van der Waals surface area contributed by atoms with Crippen molar-refractivity contribution in [2.75, 3.05) is 0 Å². The zero-order chi connectivity index (χ0) is 13.8. The maximum atomic E-state index is 12.8. The summed E-state index contributed by atoms with van der Waals surface area (Å²) in [7, 11) is 0. The van der Waals surface area contributed by atoms with Crippen LogP contribution in [0.1, 0.15) is 42.5 Å². The summed E-state index contributed by atoms with van der Waals surface area (Å²) in [6.07, 6.45) is 5.79.